The maximum atomic E-state index is 5.32. The zero-order valence-corrected chi connectivity index (χ0v) is 6.05. The third kappa shape index (κ3) is 1.93. The van der Waals surface area contributed by atoms with Crippen LogP contribution in [0.2, 0.25) is 0 Å². The summed E-state index contributed by atoms with van der Waals surface area (Å²) >= 11 is 0. The van der Waals surface area contributed by atoms with E-state index in [0.29, 0.717) is 0 Å². The molecule has 54 valence electrons. The molecule has 0 amide bonds. The smallest absolute Gasteiger partial charge is 0.131 e. The van der Waals surface area contributed by atoms with Crippen LogP contribution in [0.1, 0.15) is 13.3 Å². The molecule has 1 fully saturated rings. The van der Waals surface area contributed by atoms with Crippen LogP contribution in [-0.2, 0) is 4.84 Å². The summed E-state index contributed by atoms with van der Waals surface area (Å²) in [6.07, 6.45) is 1.37. The third-order valence-electron chi connectivity index (χ3n) is 1.45. The van der Waals surface area contributed by atoms with E-state index in [0.717, 1.165) is 19.5 Å². The molecule has 1 aliphatic heterocycles. The van der Waals surface area contributed by atoms with Gasteiger partial charge in [0.1, 0.15) is 6.23 Å². The highest BCUT2D eigenvalue weighted by Crippen LogP contribution is 2.06. The van der Waals surface area contributed by atoms with Crippen molar-refractivity contribution in [2.45, 2.75) is 19.6 Å². The molecule has 9 heavy (non-hydrogen) atoms. The van der Waals surface area contributed by atoms with Crippen LogP contribution in [0.25, 0.3) is 0 Å². The predicted octanol–water partition coefficient (Wildman–Crippen LogP) is 0.189. The fraction of sp³-hybridized carbons (Fsp3) is 1.00. The van der Waals surface area contributed by atoms with Crippen molar-refractivity contribution >= 4 is 0 Å². The molecule has 1 heterocycles. The first kappa shape index (κ1) is 6.99. The maximum absolute atomic E-state index is 5.32. The molecule has 1 saturated heterocycles. The van der Waals surface area contributed by atoms with Crippen LogP contribution >= 0.6 is 0 Å². The Morgan fingerprint density at radius 1 is 1.78 bits per heavy atom. The van der Waals surface area contributed by atoms with E-state index >= 15 is 0 Å². The van der Waals surface area contributed by atoms with Crippen LogP contribution in [0.5, 0.6) is 0 Å². The molecular weight excluding hydrogens is 116 g/mol. The van der Waals surface area contributed by atoms with Gasteiger partial charge in [0, 0.05) is 20.0 Å². The minimum absolute atomic E-state index is 0.264. The molecule has 1 unspecified atom stereocenters. The monoisotopic (exact) mass is 130 g/mol. The molecule has 1 N–H and O–H groups in total. The minimum Gasteiger partial charge on any atom is -0.291 e. The number of hydroxylamine groups is 2. The topological polar surface area (TPSA) is 24.5 Å². The number of hydrogen-bond acceptors (Lipinski definition) is 3. The summed E-state index contributed by atoms with van der Waals surface area (Å²) in [5.41, 5.74) is 0. The number of rotatable bonds is 2. The first-order chi connectivity index (χ1) is 4.33. The van der Waals surface area contributed by atoms with E-state index in [4.69, 9.17) is 4.84 Å². The summed E-state index contributed by atoms with van der Waals surface area (Å²) in [6, 6.07) is 0. The van der Waals surface area contributed by atoms with Crippen molar-refractivity contribution in [3.63, 3.8) is 0 Å². The van der Waals surface area contributed by atoms with Crippen LogP contribution < -0.4 is 5.32 Å². The lowest BCUT2D eigenvalue weighted by molar-refractivity contribution is -0.135. The summed E-state index contributed by atoms with van der Waals surface area (Å²) in [6.45, 7) is 4.11. The minimum atomic E-state index is 0.264. The molecular formula is C6H14N2O. The Morgan fingerprint density at radius 3 is 3.00 bits per heavy atom. The number of nitrogens with zero attached hydrogens (tertiary/aromatic N) is 1. The Kier molecular flexibility index (Phi) is 2.45. The SMILES string of the molecule is CCNC1CCN(C)O1. The lowest BCUT2D eigenvalue weighted by atomic mass is 10.4. The first-order valence-corrected chi connectivity index (χ1v) is 3.44. The standard InChI is InChI=1S/C6H14N2O/c1-3-7-6-4-5-8(2)9-6/h6-7H,3-5H2,1-2H3. The summed E-state index contributed by atoms with van der Waals surface area (Å²) in [5, 5.41) is 5.08. The molecule has 0 aromatic carbocycles. The van der Waals surface area contributed by atoms with E-state index in [2.05, 4.69) is 12.2 Å². The second-order valence-electron chi connectivity index (χ2n) is 2.29. The molecule has 0 spiro atoms. The van der Waals surface area contributed by atoms with Gasteiger partial charge in [-0.05, 0) is 6.54 Å². The van der Waals surface area contributed by atoms with Gasteiger partial charge in [-0.3, -0.25) is 10.2 Å². The van der Waals surface area contributed by atoms with Crippen LogP contribution in [0.4, 0.5) is 0 Å². The molecule has 0 aromatic rings. The summed E-state index contributed by atoms with van der Waals surface area (Å²) < 4.78 is 0. The average Bonchev–Trinajstić information content (AvgIpc) is 2.17. The van der Waals surface area contributed by atoms with Crippen molar-refractivity contribution < 1.29 is 4.84 Å². The van der Waals surface area contributed by atoms with Gasteiger partial charge in [0.25, 0.3) is 0 Å². The zero-order chi connectivity index (χ0) is 6.69. The van der Waals surface area contributed by atoms with Gasteiger partial charge in [-0.2, -0.15) is 5.06 Å². The van der Waals surface area contributed by atoms with Gasteiger partial charge in [-0.15, -0.1) is 0 Å². The molecule has 3 nitrogen and oxygen atoms in total. The molecule has 0 bridgehead atoms. The second-order valence-corrected chi connectivity index (χ2v) is 2.29. The molecule has 0 saturated carbocycles. The largest absolute Gasteiger partial charge is 0.291 e. The fourth-order valence-corrected chi connectivity index (χ4v) is 0.989. The normalized spacial score (nSPS) is 29.3. The summed E-state index contributed by atoms with van der Waals surface area (Å²) in [5.74, 6) is 0. The van der Waals surface area contributed by atoms with Crippen LogP contribution in [0.3, 0.4) is 0 Å². The van der Waals surface area contributed by atoms with Gasteiger partial charge in [0.2, 0.25) is 0 Å². The Hall–Kier alpha value is -0.120. The van der Waals surface area contributed by atoms with Gasteiger partial charge in [0.05, 0.1) is 0 Å². The lowest BCUT2D eigenvalue weighted by Gasteiger charge is -2.10. The van der Waals surface area contributed by atoms with E-state index < -0.39 is 0 Å². The van der Waals surface area contributed by atoms with E-state index in [1.54, 1.807) is 0 Å². The molecule has 1 atom stereocenters. The van der Waals surface area contributed by atoms with Crippen molar-refractivity contribution in [2.24, 2.45) is 0 Å². The fourth-order valence-electron chi connectivity index (χ4n) is 0.989. The van der Waals surface area contributed by atoms with Crippen molar-refractivity contribution in [3.8, 4) is 0 Å². The van der Waals surface area contributed by atoms with Gasteiger partial charge in [-0.1, -0.05) is 6.92 Å². The molecule has 0 aromatic heterocycles. The van der Waals surface area contributed by atoms with E-state index in [1.165, 1.54) is 0 Å². The summed E-state index contributed by atoms with van der Waals surface area (Å²) in [7, 11) is 1.96. The van der Waals surface area contributed by atoms with Crippen LogP contribution in [0.15, 0.2) is 0 Å². The Morgan fingerprint density at radius 2 is 2.56 bits per heavy atom. The van der Waals surface area contributed by atoms with Gasteiger partial charge < -0.3 is 0 Å². The maximum Gasteiger partial charge on any atom is 0.131 e. The van der Waals surface area contributed by atoms with Gasteiger partial charge >= 0.3 is 0 Å². The van der Waals surface area contributed by atoms with Crippen molar-refractivity contribution in [1.82, 2.24) is 10.4 Å². The highest BCUT2D eigenvalue weighted by atomic mass is 16.7. The molecule has 1 rings (SSSR count). The quantitative estimate of drug-likeness (QED) is 0.577. The van der Waals surface area contributed by atoms with E-state index in [9.17, 15) is 0 Å². The predicted molar refractivity (Wildman–Crippen MR) is 35.8 cm³/mol. The highest BCUT2D eigenvalue weighted by Gasteiger charge is 2.18. The Labute approximate surface area is 55.9 Å². The average molecular weight is 130 g/mol. The van der Waals surface area contributed by atoms with Crippen LogP contribution in [-0.4, -0.2) is 31.4 Å². The molecule has 0 radical (unpaired) electrons. The van der Waals surface area contributed by atoms with Crippen molar-refractivity contribution in [3.05, 3.63) is 0 Å². The van der Waals surface area contributed by atoms with Crippen molar-refractivity contribution in [2.75, 3.05) is 20.1 Å². The Balaban J connectivity index is 2.14. The second kappa shape index (κ2) is 3.15. The van der Waals surface area contributed by atoms with Crippen LogP contribution in [0, 0.1) is 0 Å². The third-order valence-corrected chi connectivity index (χ3v) is 1.45. The lowest BCUT2D eigenvalue weighted by Crippen LogP contribution is -2.29. The molecule has 3 heteroatoms. The number of nitrogens with one attached hydrogen (secondary N) is 1. The van der Waals surface area contributed by atoms with E-state index in [1.807, 2.05) is 12.1 Å². The Bertz CT molecular complexity index is 85.1. The molecule has 1 aliphatic rings. The highest BCUT2D eigenvalue weighted by molar-refractivity contribution is 4.60. The van der Waals surface area contributed by atoms with Crippen molar-refractivity contribution in [1.29, 1.82) is 0 Å². The first-order valence-electron chi connectivity index (χ1n) is 3.44. The van der Waals surface area contributed by atoms with Gasteiger partial charge in [0.15, 0.2) is 0 Å². The van der Waals surface area contributed by atoms with Gasteiger partial charge in [-0.25, -0.2) is 0 Å². The van der Waals surface area contributed by atoms with E-state index in [-0.39, 0.29) is 6.23 Å². The zero-order valence-electron chi connectivity index (χ0n) is 6.05. The number of hydrogen-bond donors (Lipinski definition) is 1. The summed E-state index contributed by atoms with van der Waals surface area (Å²) in [4.78, 5) is 5.32. The molecule has 0 aliphatic carbocycles.